The van der Waals surface area contributed by atoms with E-state index in [-0.39, 0.29) is 0 Å². The maximum absolute atomic E-state index is 11.4. The largest absolute Gasteiger partial charge is 0.478 e. The van der Waals surface area contributed by atoms with Gasteiger partial charge in [-0.05, 0) is 6.08 Å². The summed E-state index contributed by atoms with van der Waals surface area (Å²) < 4.78 is 5.13. The number of amides is 2. The minimum atomic E-state index is -1.70. The molecule has 6 N–H and O–H groups in total. The Morgan fingerprint density at radius 3 is 2.22 bits per heavy atom. The Bertz CT molecular complexity index is 506. The van der Waals surface area contributed by atoms with E-state index in [1.165, 1.54) is 13.8 Å². The second-order valence-corrected chi connectivity index (χ2v) is 5.11. The maximum atomic E-state index is 11.4. The number of nitrogens with one attached hydrogen (secondary N) is 2. The lowest BCUT2D eigenvalue weighted by molar-refractivity contribution is -0.147. The van der Waals surface area contributed by atoms with Crippen molar-refractivity contribution in [2.75, 3.05) is 6.61 Å². The Morgan fingerprint density at radius 1 is 1.22 bits per heavy atom. The van der Waals surface area contributed by atoms with E-state index >= 15 is 0 Å². The Morgan fingerprint density at radius 2 is 1.78 bits per heavy atom. The van der Waals surface area contributed by atoms with Crippen molar-refractivity contribution in [1.82, 2.24) is 10.6 Å². The van der Waals surface area contributed by atoms with Gasteiger partial charge < -0.3 is 35.8 Å². The molecule has 0 aliphatic carbocycles. The Balaban J connectivity index is 3.22. The van der Waals surface area contributed by atoms with E-state index in [9.17, 15) is 24.6 Å². The zero-order chi connectivity index (χ0) is 17.7. The summed E-state index contributed by atoms with van der Waals surface area (Å²) in [4.78, 5) is 33.8. The molecule has 0 radical (unpaired) electrons. The van der Waals surface area contributed by atoms with Crippen LogP contribution in [0.5, 0.6) is 0 Å². The summed E-state index contributed by atoms with van der Waals surface area (Å²) in [6.07, 6.45) is -3.63. The number of carboxylic acid groups (broad SMARTS) is 1. The summed E-state index contributed by atoms with van der Waals surface area (Å²) >= 11 is 0. The van der Waals surface area contributed by atoms with Crippen LogP contribution >= 0.6 is 0 Å². The normalized spacial score (nSPS) is 26.3. The lowest BCUT2D eigenvalue weighted by Gasteiger charge is -2.39. The third kappa shape index (κ3) is 4.91. The summed E-state index contributed by atoms with van der Waals surface area (Å²) in [7, 11) is 0. The van der Waals surface area contributed by atoms with Crippen molar-refractivity contribution in [3.8, 4) is 0 Å². The number of carboxylic acids is 1. The number of ether oxygens (including phenoxy) is 1. The molecule has 1 aliphatic heterocycles. The van der Waals surface area contributed by atoms with Gasteiger partial charge in [-0.25, -0.2) is 4.79 Å². The van der Waals surface area contributed by atoms with Gasteiger partial charge in [0.2, 0.25) is 17.6 Å². The number of aliphatic hydroxyl groups is 3. The third-order valence-corrected chi connectivity index (χ3v) is 3.20. The zero-order valence-corrected chi connectivity index (χ0v) is 12.6. The minimum absolute atomic E-state index is 0.496. The molecule has 0 bridgehead atoms. The molecule has 1 heterocycles. The number of hydrogen-bond donors (Lipinski definition) is 6. The highest BCUT2D eigenvalue weighted by Gasteiger charge is 2.43. The molecular weight excluding hydrogens is 312 g/mol. The van der Waals surface area contributed by atoms with Crippen molar-refractivity contribution in [1.29, 1.82) is 0 Å². The van der Waals surface area contributed by atoms with Crippen LogP contribution in [0.15, 0.2) is 11.8 Å². The Hall–Kier alpha value is -2.17. The van der Waals surface area contributed by atoms with Gasteiger partial charge in [0.15, 0.2) is 0 Å². The summed E-state index contributed by atoms with van der Waals surface area (Å²) in [5.41, 5.74) is 0. The maximum Gasteiger partial charge on any atom is 0.370 e. The fourth-order valence-electron chi connectivity index (χ4n) is 2.23. The predicted molar refractivity (Wildman–Crippen MR) is 74.9 cm³/mol. The molecule has 0 spiro atoms. The van der Waals surface area contributed by atoms with Crippen LogP contribution in [0.4, 0.5) is 0 Å². The summed E-state index contributed by atoms with van der Waals surface area (Å²) in [5, 5.41) is 42.5. The van der Waals surface area contributed by atoms with Gasteiger partial charge in [-0.1, -0.05) is 0 Å². The number of rotatable bonds is 6. The Kier molecular flexibility index (Phi) is 6.49. The highest BCUT2D eigenvalue weighted by molar-refractivity contribution is 5.85. The van der Waals surface area contributed by atoms with Gasteiger partial charge in [0.25, 0.3) is 0 Å². The summed E-state index contributed by atoms with van der Waals surface area (Å²) in [5.74, 6) is -3.02. The fourth-order valence-corrected chi connectivity index (χ4v) is 2.23. The molecule has 0 saturated carbocycles. The molecule has 0 fully saturated rings. The molecule has 0 aromatic rings. The van der Waals surface area contributed by atoms with E-state index < -0.39 is 60.5 Å². The van der Waals surface area contributed by atoms with Gasteiger partial charge in [0, 0.05) is 13.8 Å². The first-order valence-electron chi connectivity index (χ1n) is 6.80. The first-order valence-corrected chi connectivity index (χ1v) is 6.80. The van der Waals surface area contributed by atoms with Crippen LogP contribution < -0.4 is 10.6 Å². The molecule has 1 aliphatic rings. The Labute approximate surface area is 131 Å². The number of aliphatic carboxylic acids is 1. The first-order chi connectivity index (χ1) is 10.7. The van der Waals surface area contributed by atoms with Gasteiger partial charge in [0.05, 0.1) is 18.7 Å². The van der Waals surface area contributed by atoms with Crippen molar-refractivity contribution < 1.29 is 39.5 Å². The second-order valence-electron chi connectivity index (χ2n) is 5.11. The third-order valence-electron chi connectivity index (χ3n) is 3.20. The van der Waals surface area contributed by atoms with Crippen LogP contribution in [0.1, 0.15) is 13.8 Å². The highest BCUT2D eigenvalue weighted by atomic mass is 16.5. The topological polar surface area (TPSA) is 165 Å². The van der Waals surface area contributed by atoms with E-state index in [0.717, 1.165) is 6.08 Å². The molecule has 23 heavy (non-hydrogen) atoms. The molecule has 0 unspecified atom stereocenters. The molecular formula is C13H20N2O8. The molecule has 130 valence electrons. The zero-order valence-electron chi connectivity index (χ0n) is 12.6. The van der Waals surface area contributed by atoms with Crippen molar-refractivity contribution in [2.24, 2.45) is 0 Å². The summed E-state index contributed by atoms with van der Waals surface area (Å²) in [6, 6.07) is -2.03. The molecule has 10 nitrogen and oxygen atoms in total. The summed E-state index contributed by atoms with van der Waals surface area (Å²) in [6.45, 7) is 1.58. The number of aliphatic hydroxyl groups excluding tert-OH is 3. The van der Waals surface area contributed by atoms with Gasteiger partial charge in [0.1, 0.15) is 18.3 Å². The van der Waals surface area contributed by atoms with Gasteiger partial charge in [-0.15, -0.1) is 0 Å². The minimum Gasteiger partial charge on any atom is -0.478 e. The first kappa shape index (κ1) is 18.9. The molecule has 5 atom stereocenters. The van der Waals surface area contributed by atoms with Crippen LogP contribution in [-0.2, 0) is 19.1 Å². The molecule has 0 saturated heterocycles. The monoisotopic (exact) mass is 332 g/mol. The van der Waals surface area contributed by atoms with Gasteiger partial charge in [-0.2, -0.15) is 0 Å². The molecule has 0 aromatic heterocycles. The lowest BCUT2D eigenvalue weighted by atomic mass is 9.92. The SMILES string of the molecule is CC(=O)N[C@H]1[C@H]([C@H](O)[C@H](O)CO)OC(C(=O)O)=C[C@@H]1NC(C)=O. The molecule has 2 amide bonds. The van der Waals surface area contributed by atoms with E-state index in [1.54, 1.807) is 0 Å². The number of hydrogen-bond acceptors (Lipinski definition) is 7. The van der Waals surface area contributed by atoms with E-state index in [4.69, 9.17) is 14.9 Å². The smallest absolute Gasteiger partial charge is 0.370 e. The fraction of sp³-hybridized carbons (Fsp3) is 0.615. The van der Waals surface area contributed by atoms with Crippen LogP contribution in [0.3, 0.4) is 0 Å². The average Bonchev–Trinajstić information content (AvgIpc) is 2.45. The van der Waals surface area contributed by atoms with Crippen molar-refractivity contribution in [2.45, 2.75) is 44.2 Å². The molecule has 1 rings (SSSR count). The van der Waals surface area contributed by atoms with Crippen LogP contribution in [0.25, 0.3) is 0 Å². The van der Waals surface area contributed by atoms with Gasteiger partial charge in [-0.3, -0.25) is 9.59 Å². The van der Waals surface area contributed by atoms with Crippen LogP contribution in [0, 0.1) is 0 Å². The van der Waals surface area contributed by atoms with Crippen LogP contribution in [-0.4, -0.2) is 75.2 Å². The van der Waals surface area contributed by atoms with Gasteiger partial charge >= 0.3 is 5.97 Å². The molecule has 10 heteroatoms. The van der Waals surface area contributed by atoms with Crippen molar-refractivity contribution >= 4 is 17.8 Å². The lowest BCUT2D eigenvalue weighted by Crippen LogP contribution is -2.63. The average molecular weight is 332 g/mol. The van der Waals surface area contributed by atoms with E-state index in [0.29, 0.717) is 0 Å². The highest BCUT2D eigenvalue weighted by Crippen LogP contribution is 2.23. The van der Waals surface area contributed by atoms with Crippen LogP contribution in [0.2, 0.25) is 0 Å². The second kappa shape index (κ2) is 7.90. The number of carbonyl (C=O) groups is 3. The standard InChI is InChI=1S/C13H20N2O8/c1-5(17)14-7-3-9(13(21)22)23-12(10(7)15-6(2)18)11(20)8(19)4-16/h3,7-8,10-12,16,19-20H,4H2,1-2H3,(H,14,17)(H,15,18)(H,21,22)/t7-,8+,10+,11+,12+/m0/s1. The predicted octanol–water partition coefficient (Wildman–Crippen LogP) is -2.92. The molecule has 0 aromatic carbocycles. The van der Waals surface area contributed by atoms with E-state index in [2.05, 4.69) is 10.6 Å². The quantitative estimate of drug-likeness (QED) is 0.301. The van der Waals surface area contributed by atoms with Crippen molar-refractivity contribution in [3.05, 3.63) is 11.8 Å². The number of carbonyl (C=O) groups excluding carboxylic acids is 2. The van der Waals surface area contributed by atoms with Crippen molar-refractivity contribution in [3.63, 3.8) is 0 Å². The van der Waals surface area contributed by atoms with E-state index in [1.807, 2.05) is 0 Å².